The van der Waals surface area contributed by atoms with Crippen LogP contribution in [0.5, 0.6) is 0 Å². The number of fused-ring (bicyclic) bond motifs is 1. The van der Waals surface area contributed by atoms with Crippen molar-refractivity contribution in [1.29, 1.82) is 0 Å². The first-order valence-corrected chi connectivity index (χ1v) is 15.5. The van der Waals surface area contributed by atoms with Gasteiger partial charge in [0.25, 0.3) is 5.91 Å². The summed E-state index contributed by atoms with van der Waals surface area (Å²) in [7, 11) is 0. The molecule has 2 N–H and O–H groups in total. The topological polar surface area (TPSA) is 103 Å². The Kier molecular flexibility index (Phi) is 8.01. The van der Waals surface area contributed by atoms with Crippen LogP contribution in [0.15, 0.2) is 72.8 Å². The number of nitrogens with two attached hydrogens (primary N) is 1. The number of aromatic nitrogens is 3. The summed E-state index contributed by atoms with van der Waals surface area (Å²) in [5, 5.41) is 4.21. The summed E-state index contributed by atoms with van der Waals surface area (Å²) in [5.74, 6) is 1.87. The Balaban J connectivity index is 1.01. The van der Waals surface area contributed by atoms with Crippen molar-refractivity contribution >= 4 is 12.0 Å². The molecular weight excluding hydrogens is 550 g/mol. The van der Waals surface area contributed by atoms with Crippen LogP contribution in [0.3, 0.4) is 0 Å². The van der Waals surface area contributed by atoms with Crippen molar-refractivity contribution < 1.29 is 14.3 Å². The lowest BCUT2D eigenvalue weighted by Gasteiger charge is -2.25. The number of nitrogens with zero attached hydrogens (tertiary/aromatic N) is 4. The van der Waals surface area contributed by atoms with Gasteiger partial charge in [-0.25, -0.2) is 14.5 Å². The van der Waals surface area contributed by atoms with Gasteiger partial charge in [-0.2, -0.15) is 0 Å². The molecular formula is C36H41N5O3. The van der Waals surface area contributed by atoms with E-state index in [9.17, 15) is 9.59 Å². The van der Waals surface area contributed by atoms with E-state index in [0.717, 1.165) is 31.6 Å². The highest BCUT2D eigenvalue weighted by Crippen LogP contribution is 2.43. The van der Waals surface area contributed by atoms with Crippen LogP contribution in [0.2, 0.25) is 0 Å². The minimum Gasteiger partial charge on any atom is -0.444 e. The zero-order valence-corrected chi connectivity index (χ0v) is 26.0. The Morgan fingerprint density at radius 2 is 1.36 bits per heavy atom. The molecule has 3 aromatic carbocycles. The minimum absolute atomic E-state index is 0.0202. The predicted octanol–water partition coefficient (Wildman–Crippen LogP) is 6.37. The lowest BCUT2D eigenvalue weighted by molar-refractivity contribution is 0.0277. The van der Waals surface area contributed by atoms with E-state index >= 15 is 0 Å². The second-order valence-corrected chi connectivity index (χ2v) is 13.4. The summed E-state index contributed by atoms with van der Waals surface area (Å²) in [5.41, 5.74) is 12.0. The third kappa shape index (κ3) is 6.69. The Hall–Kier alpha value is -4.46. The highest BCUT2D eigenvalue weighted by Gasteiger charge is 2.43. The fourth-order valence-electron chi connectivity index (χ4n) is 6.78. The van der Waals surface area contributed by atoms with Crippen LogP contribution in [0.4, 0.5) is 4.79 Å². The van der Waals surface area contributed by atoms with Gasteiger partial charge in [0.15, 0.2) is 0 Å². The van der Waals surface area contributed by atoms with Crippen LogP contribution >= 0.6 is 0 Å². The molecule has 1 aliphatic carbocycles. The van der Waals surface area contributed by atoms with E-state index in [1.165, 1.54) is 40.7 Å². The number of rotatable bonds is 7. The highest BCUT2D eigenvalue weighted by atomic mass is 16.6. The molecule has 1 saturated heterocycles. The summed E-state index contributed by atoms with van der Waals surface area (Å²) in [4.78, 5) is 29.9. The molecule has 8 nitrogen and oxygen atoms in total. The molecule has 0 bridgehead atoms. The van der Waals surface area contributed by atoms with E-state index in [1.54, 1.807) is 11.6 Å². The van der Waals surface area contributed by atoms with Crippen LogP contribution in [-0.2, 0) is 17.6 Å². The number of hydrogen-bond acceptors (Lipinski definition) is 5. The lowest BCUT2D eigenvalue weighted by atomic mass is 9.94. The molecule has 8 heteroatoms. The zero-order valence-electron chi connectivity index (χ0n) is 26.0. The van der Waals surface area contributed by atoms with Gasteiger partial charge in [0.05, 0.1) is 5.69 Å². The molecule has 3 atom stereocenters. The molecule has 0 spiro atoms. The van der Waals surface area contributed by atoms with Gasteiger partial charge in [0, 0.05) is 13.1 Å². The second-order valence-electron chi connectivity index (χ2n) is 13.4. The van der Waals surface area contributed by atoms with E-state index < -0.39 is 11.5 Å². The molecule has 228 valence electrons. The number of carbonyl (C=O) groups is 2. The predicted molar refractivity (Wildman–Crippen MR) is 171 cm³/mol. The van der Waals surface area contributed by atoms with Crippen molar-refractivity contribution in [1.82, 2.24) is 19.7 Å². The number of carbonyl (C=O) groups excluding carboxylic acids is 2. The van der Waals surface area contributed by atoms with E-state index in [1.807, 2.05) is 37.8 Å². The molecule has 1 unspecified atom stereocenters. The van der Waals surface area contributed by atoms with Crippen molar-refractivity contribution in [3.63, 3.8) is 0 Å². The van der Waals surface area contributed by atoms with Gasteiger partial charge >= 0.3 is 6.09 Å². The number of amides is 2. The number of likely N-dealkylation sites (tertiary alicyclic amines) is 1. The van der Waals surface area contributed by atoms with Gasteiger partial charge in [0.2, 0.25) is 5.82 Å². The Labute approximate surface area is 259 Å². The molecule has 2 fully saturated rings. The van der Waals surface area contributed by atoms with E-state index in [4.69, 9.17) is 10.5 Å². The first kappa shape index (κ1) is 29.6. The summed E-state index contributed by atoms with van der Waals surface area (Å²) in [6.45, 7) is 9.23. The molecule has 1 aliphatic heterocycles. The van der Waals surface area contributed by atoms with Gasteiger partial charge in [-0.15, -0.1) is 5.10 Å². The molecule has 0 radical (unpaired) electrons. The summed E-state index contributed by atoms with van der Waals surface area (Å²) in [6.07, 6.45) is 4.13. The number of ether oxygens (including phenoxy) is 1. The van der Waals surface area contributed by atoms with E-state index in [-0.39, 0.29) is 11.9 Å². The lowest BCUT2D eigenvalue weighted by Crippen LogP contribution is -2.36. The molecule has 2 heterocycles. The maximum Gasteiger partial charge on any atom is 0.410 e. The van der Waals surface area contributed by atoms with Gasteiger partial charge in [-0.1, -0.05) is 60.7 Å². The Morgan fingerprint density at radius 3 is 1.86 bits per heavy atom. The number of primary amides is 1. The quantitative estimate of drug-likeness (QED) is 0.269. The van der Waals surface area contributed by atoms with E-state index in [2.05, 4.69) is 70.7 Å². The van der Waals surface area contributed by atoms with Gasteiger partial charge < -0.3 is 15.4 Å². The number of benzene rings is 3. The van der Waals surface area contributed by atoms with Gasteiger partial charge in [-0.3, -0.25) is 4.79 Å². The van der Waals surface area contributed by atoms with Crippen LogP contribution in [0, 0.1) is 24.7 Å². The van der Waals surface area contributed by atoms with Gasteiger partial charge in [0.1, 0.15) is 11.4 Å². The average Bonchev–Trinajstić information content (AvgIpc) is 3.67. The normalized spacial score (nSPS) is 19.6. The SMILES string of the molecule is Cc1nc(C(N)=O)nn1-c1ccc(Cc2ccc(-c3ccc(CC4C[C@@H]5CN(C(=O)OC(C)(C)C)C[C@@H]5C4)cc3)cc2)cc1. The molecule has 2 aliphatic rings. The molecule has 2 amide bonds. The van der Waals surface area contributed by atoms with Crippen LogP contribution in [-0.4, -0.2) is 50.4 Å². The minimum atomic E-state index is -0.635. The van der Waals surface area contributed by atoms with Crippen molar-refractivity contribution in [2.75, 3.05) is 13.1 Å². The first-order valence-electron chi connectivity index (χ1n) is 15.5. The van der Waals surface area contributed by atoms with Crippen molar-refractivity contribution in [2.24, 2.45) is 23.5 Å². The molecule has 1 saturated carbocycles. The molecule has 4 aromatic rings. The van der Waals surface area contributed by atoms with Crippen LogP contribution in [0.25, 0.3) is 16.8 Å². The van der Waals surface area contributed by atoms with Crippen LogP contribution < -0.4 is 5.73 Å². The Morgan fingerprint density at radius 1 is 0.841 bits per heavy atom. The smallest absolute Gasteiger partial charge is 0.410 e. The fraction of sp³-hybridized carbons (Fsp3) is 0.389. The van der Waals surface area contributed by atoms with Crippen molar-refractivity contribution in [3.05, 3.63) is 101 Å². The molecule has 6 rings (SSSR count). The van der Waals surface area contributed by atoms with Gasteiger partial charge in [-0.05, 0) is 111 Å². The summed E-state index contributed by atoms with van der Waals surface area (Å²) in [6, 6.07) is 25.9. The standard InChI is InChI=1S/C36H41N5O3/c1-23-38-34(33(37)42)39-41(23)32-15-9-26(10-16-32)17-24-5-11-28(12-6-24)29-13-7-25(8-14-29)18-27-19-30-21-40(22-31(30)20-27)35(43)44-36(2,3)4/h5-16,27,30-31H,17-22H2,1-4H3,(H2,37,42)/t27?,30-,31+. The van der Waals surface area contributed by atoms with Crippen LogP contribution in [0.1, 0.15) is 66.7 Å². The maximum absolute atomic E-state index is 12.5. The molecule has 44 heavy (non-hydrogen) atoms. The zero-order chi connectivity index (χ0) is 31.0. The monoisotopic (exact) mass is 591 g/mol. The first-order chi connectivity index (χ1) is 21.0. The maximum atomic E-state index is 12.5. The number of aryl methyl sites for hydroxylation is 1. The summed E-state index contributed by atoms with van der Waals surface area (Å²) < 4.78 is 7.22. The highest BCUT2D eigenvalue weighted by molar-refractivity contribution is 5.88. The molecule has 1 aromatic heterocycles. The third-order valence-corrected chi connectivity index (χ3v) is 8.84. The largest absolute Gasteiger partial charge is 0.444 e. The Bertz CT molecular complexity index is 1620. The van der Waals surface area contributed by atoms with E-state index in [0.29, 0.717) is 23.6 Å². The second kappa shape index (κ2) is 11.9. The number of hydrogen-bond donors (Lipinski definition) is 1. The summed E-state index contributed by atoms with van der Waals surface area (Å²) >= 11 is 0. The van der Waals surface area contributed by atoms with Crippen molar-refractivity contribution in [2.45, 2.75) is 59.0 Å². The average molecular weight is 592 g/mol. The third-order valence-electron chi connectivity index (χ3n) is 8.84. The fourth-order valence-corrected chi connectivity index (χ4v) is 6.78. The van der Waals surface area contributed by atoms with Crippen molar-refractivity contribution in [3.8, 4) is 16.8 Å².